The fourth-order valence-electron chi connectivity index (χ4n) is 12.5. The number of carbonyl (C=O) groups is 6. The van der Waals surface area contributed by atoms with Crippen LogP contribution in [0.5, 0.6) is 0 Å². The predicted molar refractivity (Wildman–Crippen MR) is 221 cm³/mol. The summed E-state index contributed by atoms with van der Waals surface area (Å²) >= 11 is 3.01. The normalized spacial score (nSPS) is 38.6. The maximum atomic E-state index is 14.0. The number of benzene rings is 1. The second-order valence-corrected chi connectivity index (χ2v) is 19.5. The fraction of sp³-hybridized carbons (Fsp3) is 0.644. The Labute approximate surface area is 362 Å². The molecule has 3 amide bonds. The van der Waals surface area contributed by atoms with Crippen molar-refractivity contribution in [2.24, 2.45) is 28.6 Å². The molecule has 61 heavy (non-hydrogen) atoms. The van der Waals surface area contributed by atoms with Crippen molar-refractivity contribution in [1.29, 1.82) is 0 Å². The first-order valence-electron chi connectivity index (χ1n) is 21.5. The lowest BCUT2D eigenvalue weighted by Gasteiger charge is -2.59. The number of hydrogen-bond acceptors (Lipinski definition) is 11. The molecule has 3 heterocycles. The van der Waals surface area contributed by atoms with Crippen LogP contribution in [-0.4, -0.2) is 111 Å². The fourth-order valence-corrected chi connectivity index (χ4v) is 12.7. The number of halogens is 1. The molecule has 6 N–H and O–H groups in total. The standard InChI is InChI=1S/C45H56BrN3O12/c1-41-12-11-28(51)17-27(41)7-8-29-30-18-34-45(33(53)23-50,42(30,2)20-32(52)38(29)41)61-40(60-34)26-5-3-25(4-6-26)19-44-15-13-43(14-16-44,24-59-44)49-39(58)31(9-10-37(56)57)48-36(55)22-47-35(54)21-46/h3-6,11-12,17,29-32,34,38,40,50,52H,7-10,13-16,18-24H2,1-2H3,(H,47,54)(H,48,55)(H,49,58)(H,56,57)/t29-,30-,31-,32-,34+,38+,40?,41-,42-,43?,44?,45+/m0/s1. The van der Waals surface area contributed by atoms with Gasteiger partial charge in [-0.2, -0.15) is 0 Å². The average molecular weight is 911 g/mol. The van der Waals surface area contributed by atoms with Crippen molar-refractivity contribution < 1.29 is 58.3 Å². The highest BCUT2D eigenvalue weighted by molar-refractivity contribution is 9.09. The number of fused-ring (bicyclic) bond motifs is 10. The Hall–Kier alpha value is -3.80. The van der Waals surface area contributed by atoms with Gasteiger partial charge in [0.05, 0.1) is 41.8 Å². The summed E-state index contributed by atoms with van der Waals surface area (Å²) in [5.41, 5.74) is -1.01. The number of Topliss-reactive ketones (excluding diaryl/α,β-unsaturated/α-hetero) is 1. The number of aliphatic carboxylic acids is 1. The summed E-state index contributed by atoms with van der Waals surface area (Å²) in [6.45, 7) is 3.33. The molecular weight excluding hydrogens is 854 g/mol. The van der Waals surface area contributed by atoms with E-state index in [1.165, 1.54) is 0 Å². The smallest absolute Gasteiger partial charge is 0.303 e. The quantitative estimate of drug-likeness (QED) is 0.148. The summed E-state index contributed by atoms with van der Waals surface area (Å²) in [7, 11) is 0. The third-order valence-corrected chi connectivity index (χ3v) is 16.1. The number of rotatable bonds is 14. The molecule has 1 unspecified atom stereocenters. The van der Waals surface area contributed by atoms with Gasteiger partial charge in [-0.25, -0.2) is 0 Å². The molecule has 2 bridgehead atoms. The van der Waals surface area contributed by atoms with Gasteiger partial charge < -0.3 is 45.5 Å². The maximum absolute atomic E-state index is 14.0. The molecule has 7 fully saturated rings. The van der Waals surface area contributed by atoms with Gasteiger partial charge in [-0.15, -0.1) is 0 Å². The number of amides is 3. The highest BCUT2D eigenvalue weighted by Crippen LogP contribution is 2.70. The monoisotopic (exact) mass is 909 g/mol. The van der Waals surface area contributed by atoms with E-state index in [0.29, 0.717) is 44.9 Å². The highest BCUT2D eigenvalue weighted by Gasteiger charge is 2.76. The van der Waals surface area contributed by atoms with Crippen molar-refractivity contribution in [2.45, 2.75) is 126 Å². The number of aliphatic hydroxyl groups is 2. The Morgan fingerprint density at radius 2 is 1.77 bits per heavy atom. The molecule has 0 radical (unpaired) electrons. The van der Waals surface area contributed by atoms with Gasteiger partial charge in [0.25, 0.3) is 0 Å². The number of ketones is 2. The van der Waals surface area contributed by atoms with Crippen LogP contribution in [0.1, 0.15) is 95.5 Å². The molecular formula is C45H56BrN3O12. The molecule has 0 aromatic heterocycles. The van der Waals surface area contributed by atoms with Crippen molar-refractivity contribution in [3.05, 3.63) is 59.2 Å². The number of ether oxygens (including phenoxy) is 3. The van der Waals surface area contributed by atoms with Crippen LogP contribution in [0.3, 0.4) is 0 Å². The number of carboxylic acid groups (broad SMARTS) is 1. The minimum absolute atomic E-state index is 0.00446. The predicted octanol–water partition coefficient (Wildman–Crippen LogP) is 2.89. The number of carbonyl (C=O) groups excluding carboxylic acids is 5. The van der Waals surface area contributed by atoms with E-state index in [2.05, 4.69) is 38.8 Å². The third-order valence-electron chi connectivity index (χ3n) is 15.6. The van der Waals surface area contributed by atoms with Gasteiger partial charge in [-0.1, -0.05) is 65.7 Å². The van der Waals surface area contributed by atoms with Crippen molar-refractivity contribution in [3.8, 4) is 0 Å². The average Bonchev–Trinajstić information content (AvgIpc) is 3.74. The first kappa shape index (κ1) is 43.8. The molecule has 4 saturated carbocycles. The molecule has 10 atom stereocenters. The van der Waals surface area contributed by atoms with E-state index >= 15 is 0 Å². The van der Waals surface area contributed by atoms with E-state index in [9.17, 15) is 44.1 Å². The van der Waals surface area contributed by atoms with Gasteiger partial charge in [0, 0.05) is 35.2 Å². The number of aliphatic hydroxyl groups excluding tert-OH is 2. The van der Waals surface area contributed by atoms with E-state index in [0.717, 1.165) is 29.5 Å². The van der Waals surface area contributed by atoms with E-state index < -0.39 is 88.2 Å². The number of allylic oxidation sites excluding steroid dienone is 4. The summed E-state index contributed by atoms with van der Waals surface area (Å²) in [5, 5.41) is 39.6. The molecule has 15 nitrogen and oxygen atoms in total. The Kier molecular flexibility index (Phi) is 11.8. The van der Waals surface area contributed by atoms with Gasteiger partial charge in [0.1, 0.15) is 12.6 Å². The summed E-state index contributed by atoms with van der Waals surface area (Å²) in [4.78, 5) is 75.1. The molecule has 5 aliphatic carbocycles. The van der Waals surface area contributed by atoms with Crippen LogP contribution in [0.4, 0.5) is 0 Å². The van der Waals surface area contributed by atoms with E-state index in [-0.39, 0.29) is 54.9 Å². The van der Waals surface area contributed by atoms with Crippen LogP contribution >= 0.6 is 15.9 Å². The number of alkyl halides is 1. The van der Waals surface area contributed by atoms with Crippen LogP contribution in [-0.2, 0) is 49.4 Å². The van der Waals surface area contributed by atoms with E-state index in [4.69, 9.17) is 14.2 Å². The summed E-state index contributed by atoms with van der Waals surface area (Å²) in [6, 6.07) is 6.76. The summed E-state index contributed by atoms with van der Waals surface area (Å²) in [6.07, 6.45) is 8.21. The Balaban J connectivity index is 0.908. The summed E-state index contributed by atoms with van der Waals surface area (Å²) < 4.78 is 19.9. The lowest BCUT2D eigenvalue weighted by molar-refractivity contribution is -0.201. The number of nitrogens with one attached hydrogen (secondary N) is 3. The van der Waals surface area contributed by atoms with Gasteiger partial charge in [-0.05, 0) is 87.3 Å². The molecule has 0 spiro atoms. The highest BCUT2D eigenvalue weighted by atomic mass is 79.9. The largest absolute Gasteiger partial charge is 0.481 e. The van der Waals surface area contributed by atoms with Gasteiger partial charge >= 0.3 is 5.97 Å². The van der Waals surface area contributed by atoms with Crippen LogP contribution in [0, 0.1) is 28.6 Å². The first-order chi connectivity index (χ1) is 29.0. The van der Waals surface area contributed by atoms with Crippen LogP contribution < -0.4 is 16.0 Å². The first-order valence-corrected chi connectivity index (χ1v) is 22.6. The molecule has 3 aliphatic heterocycles. The minimum atomic E-state index is -1.44. The lowest BCUT2D eigenvalue weighted by atomic mass is 9.46. The second kappa shape index (κ2) is 16.4. The number of carboxylic acids is 1. The van der Waals surface area contributed by atoms with Crippen molar-refractivity contribution in [3.63, 3.8) is 0 Å². The maximum Gasteiger partial charge on any atom is 0.303 e. The summed E-state index contributed by atoms with van der Waals surface area (Å²) in [5.74, 6) is -3.14. The van der Waals surface area contributed by atoms with Crippen molar-refractivity contribution >= 4 is 51.2 Å². The minimum Gasteiger partial charge on any atom is -0.481 e. The van der Waals surface area contributed by atoms with Gasteiger partial charge in [0.15, 0.2) is 23.5 Å². The van der Waals surface area contributed by atoms with Gasteiger partial charge in [-0.3, -0.25) is 28.8 Å². The lowest BCUT2D eigenvalue weighted by Crippen LogP contribution is -2.65. The van der Waals surface area contributed by atoms with Crippen molar-refractivity contribution in [1.82, 2.24) is 16.0 Å². The van der Waals surface area contributed by atoms with Crippen molar-refractivity contribution in [2.75, 3.05) is 25.1 Å². The zero-order chi connectivity index (χ0) is 43.5. The molecule has 330 valence electrons. The Morgan fingerprint density at radius 1 is 1.03 bits per heavy atom. The van der Waals surface area contributed by atoms with Gasteiger partial charge in [0.2, 0.25) is 17.7 Å². The van der Waals surface area contributed by atoms with Crippen LogP contribution in [0.25, 0.3) is 0 Å². The third kappa shape index (κ3) is 7.62. The number of hydrogen-bond donors (Lipinski definition) is 6. The SMILES string of the molecule is C[C@]12C=CC(=O)C=C1CC[C@@H]1[C@@H]2[C@@H](O)C[C@@]2(C)[C@H]1C[C@H]1OC(c3ccc(CC45CCC(NC(=O)[C@H](CCC(=O)O)NC(=O)CNC(=O)CBr)(CC4)CO5)cc3)O[C@]12C(=O)CO. The van der Waals surface area contributed by atoms with Crippen LogP contribution in [0.15, 0.2) is 48.1 Å². The zero-order valence-corrected chi connectivity index (χ0v) is 36.2. The Morgan fingerprint density at radius 3 is 2.43 bits per heavy atom. The molecule has 1 aromatic rings. The molecule has 1 aromatic carbocycles. The van der Waals surface area contributed by atoms with E-state index in [1.54, 1.807) is 12.2 Å². The Bertz CT molecular complexity index is 2010. The van der Waals surface area contributed by atoms with Crippen LogP contribution in [0.2, 0.25) is 0 Å². The molecule has 8 aliphatic rings. The molecule has 9 rings (SSSR count). The topological polar surface area (TPSA) is 227 Å². The second-order valence-electron chi connectivity index (χ2n) is 19.0. The molecule has 16 heteroatoms. The van der Waals surface area contributed by atoms with E-state index in [1.807, 2.05) is 37.3 Å². The zero-order valence-electron chi connectivity index (χ0n) is 34.6. The molecule has 3 saturated heterocycles.